The number of hydrogen-bond acceptors (Lipinski definition) is 6. The number of ether oxygens (including phenoxy) is 1. The van der Waals surface area contributed by atoms with E-state index < -0.39 is 42.9 Å². The van der Waals surface area contributed by atoms with E-state index in [-0.39, 0.29) is 11.5 Å². The summed E-state index contributed by atoms with van der Waals surface area (Å²) in [5.41, 5.74) is -0.896. The highest BCUT2D eigenvalue weighted by atomic mass is 19.3. The Morgan fingerprint density at radius 2 is 2.24 bits per heavy atom. The Morgan fingerprint density at radius 3 is 2.84 bits per heavy atom. The molecule has 0 spiro atoms. The number of nitrogens with zero attached hydrogens (tertiary/aromatic N) is 3. The lowest BCUT2D eigenvalue weighted by Crippen LogP contribution is -2.35. The van der Waals surface area contributed by atoms with E-state index in [1.807, 2.05) is 0 Å². The third-order valence-electron chi connectivity index (χ3n) is 3.61. The van der Waals surface area contributed by atoms with Gasteiger partial charge >= 0.3 is 5.69 Å². The van der Waals surface area contributed by atoms with E-state index in [1.54, 1.807) is 12.1 Å². The molecule has 1 amide bonds. The predicted molar refractivity (Wildman–Crippen MR) is 81.2 cm³/mol. The Balaban J connectivity index is 1.80. The monoisotopic (exact) mass is 352 g/mol. The number of carbonyl (C=O) groups is 1. The third-order valence-corrected chi connectivity index (χ3v) is 3.61. The first kappa shape index (κ1) is 17.1. The van der Waals surface area contributed by atoms with Crippen molar-refractivity contribution >= 4 is 11.7 Å². The van der Waals surface area contributed by atoms with Crippen LogP contribution in [0.2, 0.25) is 0 Å². The molecule has 10 heteroatoms. The van der Waals surface area contributed by atoms with Crippen LogP contribution in [0, 0.1) is 0 Å². The van der Waals surface area contributed by atoms with Gasteiger partial charge < -0.3 is 15.2 Å². The number of anilines is 1. The van der Waals surface area contributed by atoms with E-state index in [4.69, 9.17) is 9.84 Å². The third kappa shape index (κ3) is 3.54. The molecule has 1 fully saturated rings. The molecule has 3 rings (SSSR count). The minimum Gasteiger partial charge on any atom is -0.394 e. The fraction of sp³-hybridized carbons (Fsp3) is 0.333. The summed E-state index contributed by atoms with van der Waals surface area (Å²) < 4.78 is 33.5. The van der Waals surface area contributed by atoms with Crippen LogP contribution in [0.1, 0.15) is 23.1 Å². The molecule has 1 aliphatic heterocycles. The summed E-state index contributed by atoms with van der Waals surface area (Å²) in [5, 5.41) is 11.3. The molecule has 1 saturated heterocycles. The van der Waals surface area contributed by atoms with Crippen molar-refractivity contribution in [3.05, 3.63) is 52.8 Å². The van der Waals surface area contributed by atoms with Crippen molar-refractivity contribution in [1.82, 2.24) is 14.5 Å². The number of alkyl halides is 2. The summed E-state index contributed by atoms with van der Waals surface area (Å²) in [6, 6.07) is 5.93. The van der Waals surface area contributed by atoms with Crippen LogP contribution in [-0.4, -0.2) is 44.2 Å². The van der Waals surface area contributed by atoms with Crippen LogP contribution in [0.3, 0.4) is 0 Å². The van der Waals surface area contributed by atoms with Crippen LogP contribution in [-0.2, 0) is 4.74 Å². The normalized spacial score (nSPS) is 21.9. The lowest BCUT2D eigenvalue weighted by molar-refractivity contribution is -0.120. The van der Waals surface area contributed by atoms with Crippen LogP contribution >= 0.6 is 0 Å². The highest BCUT2D eigenvalue weighted by Crippen LogP contribution is 2.41. The molecule has 8 nitrogen and oxygen atoms in total. The maximum Gasteiger partial charge on any atom is 0.351 e. The number of halogens is 2. The number of nitrogens with one attached hydrogen (secondary N) is 1. The van der Waals surface area contributed by atoms with Crippen molar-refractivity contribution < 1.29 is 23.4 Å². The van der Waals surface area contributed by atoms with E-state index >= 15 is 0 Å². The van der Waals surface area contributed by atoms with E-state index in [9.17, 15) is 18.4 Å². The van der Waals surface area contributed by atoms with Gasteiger partial charge in [-0.1, -0.05) is 6.07 Å². The number of aliphatic hydroxyl groups excluding tert-OH is 1. The highest BCUT2D eigenvalue weighted by molar-refractivity contribution is 6.02. The number of aliphatic hydroxyl groups is 1. The first-order valence-corrected chi connectivity index (χ1v) is 7.36. The van der Waals surface area contributed by atoms with Gasteiger partial charge in [-0.15, -0.1) is 0 Å². The van der Waals surface area contributed by atoms with Crippen LogP contribution < -0.4 is 11.0 Å². The molecular weight excluding hydrogens is 338 g/mol. The van der Waals surface area contributed by atoms with Gasteiger partial charge in [0.2, 0.25) is 6.23 Å². The van der Waals surface area contributed by atoms with Crippen molar-refractivity contribution in [3.63, 3.8) is 0 Å². The Hall–Kier alpha value is -2.72. The van der Waals surface area contributed by atoms with Crippen LogP contribution in [0.15, 0.2) is 41.5 Å². The number of carbonyl (C=O) groups excluding carboxylic acids is 1. The second-order valence-electron chi connectivity index (χ2n) is 5.43. The van der Waals surface area contributed by atoms with Gasteiger partial charge in [0.1, 0.15) is 11.5 Å². The first-order chi connectivity index (χ1) is 11.9. The molecule has 0 saturated carbocycles. The quantitative estimate of drug-likeness (QED) is 0.843. The molecular formula is C15H14F2N4O4. The maximum absolute atomic E-state index is 13.9. The lowest BCUT2D eigenvalue weighted by atomic mass is 10.2. The minimum atomic E-state index is -3.32. The second kappa shape index (κ2) is 6.65. The smallest absolute Gasteiger partial charge is 0.351 e. The molecule has 3 heterocycles. The van der Waals surface area contributed by atoms with E-state index in [2.05, 4.69) is 15.3 Å². The Kier molecular flexibility index (Phi) is 4.55. The zero-order valence-electron chi connectivity index (χ0n) is 12.8. The van der Waals surface area contributed by atoms with Crippen molar-refractivity contribution in [3.8, 4) is 0 Å². The van der Waals surface area contributed by atoms with E-state index in [0.717, 1.165) is 6.20 Å². The number of amides is 1. The number of rotatable bonds is 4. The predicted octanol–water partition coefficient (Wildman–Crippen LogP) is 0.806. The van der Waals surface area contributed by atoms with Gasteiger partial charge in [-0.2, -0.15) is 4.98 Å². The summed E-state index contributed by atoms with van der Waals surface area (Å²) in [6.45, 7) is -0.577. The Bertz CT molecular complexity index is 828. The molecule has 0 aromatic carbocycles. The van der Waals surface area contributed by atoms with Gasteiger partial charge in [-0.25, -0.2) is 13.6 Å². The molecule has 2 aromatic rings. The molecule has 25 heavy (non-hydrogen) atoms. The first-order valence-electron chi connectivity index (χ1n) is 7.36. The highest BCUT2D eigenvalue weighted by Gasteiger charge is 2.51. The van der Waals surface area contributed by atoms with E-state index in [1.165, 1.54) is 18.3 Å². The molecule has 0 bridgehead atoms. The van der Waals surface area contributed by atoms with Gasteiger partial charge in [0, 0.05) is 18.8 Å². The largest absolute Gasteiger partial charge is 0.394 e. The van der Waals surface area contributed by atoms with Gasteiger partial charge in [0.05, 0.1) is 12.7 Å². The van der Waals surface area contributed by atoms with Crippen LogP contribution in [0.5, 0.6) is 0 Å². The summed E-state index contributed by atoms with van der Waals surface area (Å²) in [6.07, 6.45) is -1.13. The van der Waals surface area contributed by atoms with Crippen LogP contribution in [0.25, 0.3) is 0 Å². The molecule has 1 aliphatic rings. The van der Waals surface area contributed by atoms with Gasteiger partial charge in [-0.3, -0.25) is 14.3 Å². The average molecular weight is 352 g/mol. The van der Waals surface area contributed by atoms with E-state index in [0.29, 0.717) is 4.57 Å². The van der Waals surface area contributed by atoms with Crippen molar-refractivity contribution in [2.24, 2.45) is 0 Å². The summed E-state index contributed by atoms with van der Waals surface area (Å²) in [5.74, 6) is -4.01. The Morgan fingerprint density at radius 1 is 1.44 bits per heavy atom. The molecule has 0 radical (unpaired) electrons. The zero-order valence-corrected chi connectivity index (χ0v) is 12.8. The fourth-order valence-corrected chi connectivity index (χ4v) is 2.45. The van der Waals surface area contributed by atoms with Gasteiger partial charge in [0.15, 0.2) is 0 Å². The molecule has 2 atom stereocenters. The average Bonchev–Trinajstić information content (AvgIpc) is 2.90. The zero-order chi connectivity index (χ0) is 18.0. The number of pyridine rings is 1. The molecule has 0 unspecified atom stereocenters. The molecule has 0 aliphatic carbocycles. The standard InChI is InChI=1S/C15H14F2N4O4/c16-15(17)7-9(8-22)25-13(15)21-6-4-11(20-14(21)24)19-12(23)10-3-1-2-5-18-10/h1-6,9,13,22H,7-8H2,(H,19,20,23,24)/t9-,13+/m0/s1. The lowest BCUT2D eigenvalue weighted by Gasteiger charge is -2.19. The summed E-state index contributed by atoms with van der Waals surface area (Å²) in [7, 11) is 0. The minimum absolute atomic E-state index is 0.100. The number of hydrogen-bond donors (Lipinski definition) is 2. The molecule has 2 N–H and O–H groups in total. The Labute approximate surface area is 140 Å². The second-order valence-corrected chi connectivity index (χ2v) is 5.43. The molecule has 2 aromatic heterocycles. The maximum atomic E-state index is 13.9. The number of aromatic nitrogens is 3. The SMILES string of the molecule is O=C(Nc1ccn([C@@H]2O[C@H](CO)CC2(F)F)c(=O)n1)c1ccccn1. The summed E-state index contributed by atoms with van der Waals surface area (Å²) in [4.78, 5) is 31.4. The topological polar surface area (TPSA) is 106 Å². The van der Waals surface area contributed by atoms with Crippen LogP contribution in [0.4, 0.5) is 14.6 Å². The molecule has 132 valence electrons. The van der Waals surface area contributed by atoms with Crippen molar-refractivity contribution in [2.75, 3.05) is 11.9 Å². The van der Waals surface area contributed by atoms with Gasteiger partial charge in [0.25, 0.3) is 11.8 Å². The summed E-state index contributed by atoms with van der Waals surface area (Å²) >= 11 is 0. The fourth-order valence-electron chi connectivity index (χ4n) is 2.45. The van der Waals surface area contributed by atoms with Crippen molar-refractivity contribution in [2.45, 2.75) is 24.7 Å². The van der Waals surface area contributed by atoms with Crippen molar-refractivity contribution in [1.29, 1.82) is 0 Å². The van der Waals surface area contributed by atoms with Gasteiger partial charge in [-0.05, 0) is 18.2 Å².